The van der Waals surface area contributed by atoms with Crippen molar-refractivity contribution in [2.24, 2.45) is 12.0 Å². The van der Waals surface area contributed by atoms with Gasteiger partial charge in [-0.15, -0.1) is 10.2 Å². The van der Waals surface area contributed by atoms with Crippen LogP contribution in [0, 0.1) is 6.92 Å². The molecule has 1 aromatic rings. The van der Waals surface area contributed by atoms with Gasteiger partial charge in [0.1, 0.15) is 12.4 Å². The summed E-state index contributed by atoms with van der Waals surface area (Å²) < 4.78 is 1.99. The molecule has 2 saturated carbocycles. The molecular weight excluding hydrogens is 368 g/mol. The van der Waals surface area contributed by atoms with Crippen LogP contribution in [0.15, 0.2) is 4.99 Å². The fourth-order valence-electron chi connectivity index (χ4n) is 4.05. The molecule has 1 amide bonds. The Morgan fingerprint density at radius 1 is 1.03 bits per heavy atom. The van der Waals surface area contributed by atoms with E-state index in [1.165, 1.54) is 25.7 Å². The third-order valence-electron chi connectivity index (χ3n) is 6.22. The maximum Gasteiger partial charge on any atom is 0.234 e. The lowest BCUT2D eigenvalue weighted by Gasteiger charge is -2.37. The normalized spacial score (nSPS) is 21.6. The maximum absolute atomic E-state index is 12.1. The van der Waals surface area contributed by atoms with Gasteiger partial charge < -0.3 is 20.1 Å². The summed E-state index contributed by atoms with van der Waals surface area (Å²) in [5.41, 5.74) is 0. The highest BCUT2D eigenvalue weighted by atomic mass is 16.2. The lowest BCUT2D eigenvalue weighted by Crippen LogP contribution is -2.55. The summed E-state index contributed by atoms with van der Waals surface area (Å²) in [5.74, 6) is 2.92. The van der Waals surface area contributed by atoms with Crippen LogP contribution in [0.4, 0.5) is 0 Å². The predicted octanol–water partition coefficient (Wildman–Crippen LogP) is 0.408. The number of amides is 1. The number of carbonyl (C=O) groups is 1. The zero-order chi connectivity index (χ0) is 20.2. The van der Waals surface area contributed by atoms with Crippen LogP contribution < -0.4 is 10.6 Å². The molecule has 0 radical (unpaired) electrons. The van der Waals surface area contributed by atoms with Crippen LogP contribution in [0.1, 0.15) is 50.2 Å². The smallest absolute Gasteiger partial charge is 0.234 e. The molecule has 29 heavy (non-hydrogen) atoms. The molecule has 0 unspecified atom stereocenters. The van der Waals surface area contributed by atoms with Crippen LogP contribution in [0.25, 0.3) is 0 Å². The van der Waals surface area contributed by atoms with Crippen molar-refractivity contribution in [1.82, 2.24) is 35.2 Å². The largest absolute Gasteiger partial charge is 0.353 e. The number of carbonyl (C=O) groups excluding carboxylic acids is 1. The summed E-state index contributed by atoms with van der Waals surface area (Å²) in [5, 5.41) is 15.2. The van der Waals surface area contributed by atoms with Crippen LogP contribution in [0.5, 0.6) is 0 Å². The molecule has 3 aliphatic rings. The second kappa shape index (κ2) is 9.11. The molecule has 1 aromatic heterocycles. The van der Waals surface area contributed by atoms with Crippen LogP contribution in [-0.4, -0.2) is 81.2 Å². The van der Waals surface area contributed by atoms with Gasteiger partial charge in [-0.3, -0.25) is 9.69 Å². The van der Waals surface area contributed by atoms with Gasteiger partial charge in [0, 0.05) is 45.3 Å². The van der Waals surface area contributed by atoms with Gasteiger partial charge in [-0.05, 0) is 32.6 Å². The Labute approximate surface area is 172 Å². The molecular formula is C20H34N8O. The van der Waals surface area contributed by atoms with Gasteiger partial charge in [0.25, 0.3) is 0 Å². The van der Waals surface area contributed by atoms with Crippen molar-refractivity contribution in [3.05, 3.63) is 11.6 Å². The van der Waals surface area contributed by atoms with Crippen LogP contribution in [-0.2, 0) is 18.4 Å². The Morgan fingerprint density at radius 2 is 1.72 bits per heavy atom. The molecule has 0 atom stereocenters. The Kier molecular flexibility index (Phi) is 6.32. The summed E-state index contributed by atoms with van der Waals surface area (Å²) in [6, 6.07) is 0.944. The number of guanidine groups is 1. The zero-order valence-corrected chi connectivity index (χ0v) is 17.7. The molecule has 3 fully saturated rings. The zero-order valence-electron chi connectivity index (χ0n) is 17.7. The molecule has 9 nitrogen and oxygen atoms in total. The number of hydrogen-bond acceptors (Lipinski definition) is 5. The van der Waals surface area contributed by atoms with E-state index in [9.17, 15) is 4.79 Å². The second-order valence-electron chi connectivity index (χ2n) is 8.59. The maximum atomic E-state index is 12.1. The molecule has 2 heterocycles. The molecule has 2 N–H and O–H groups in total. The quantitative estimate of drug-likeness (QED) is 0.529. The molecule has 4 rings (SSSR count). The number of aromatic nitrogens is 3. The average molecular weight is 403 g/mol. The number of hydrogen-bond donors (Lipinski definition) is 2. The molecule has 0 aromatic carbocycles. The summed E-state index contributed by atoms with van der Waals surface area (Å²) in [6.07, 6.45) is 7.27. The topological polar surface area (TPSA) is 90.7 Å². The van der Waals surface area contributed by atoms with Gasteiger partial charge in [-0.1, -0.05) is 12.8 Å². The first-order chi connectivity index (χ1) is 14.1. The van der Waals surface area contributed by atoms with Gasteiger partial charge in [-0.25, -0.2) is 4.99 Å². The van der Waals surface area contributed by atoms with Crippen LogP contribution >= 0.6 is 0 Å². The minimum Gasteiger partial charge on any atom is -0.353 e. The lowest BCUT2D eigenvalue weighted by molar-refractivity contribution is -0.122. The van der Waals surface area contributed by atoms with Crippen LogP contribution in [0.2, 0.25) is 0 Å². The number of aliphatic imine (C=N–C) groups is 1. The summed E-state index contributed by atoms with van der Waals surface area (Å²) in [6.45, 7) is 6.51. The molecule has 9 heteroatoms. The fraction of sp³-hybridized carbons (Fsp3) is 0.800. The first-order valence-electron chi connectivity index (χ1n) is 11.0. The number of nitrogens with zero attached hydrogens (tertiary/aromatic N) is 6. The summed E-state index contributed by atoms with van der Waals surface area (Å²) in [7, 11) is 1.98. The van der Waals surface area contributed by atoms with Crippen molar-refractivity contribution in [3.63, 3.8) is 0 Å². The molecule has 2 aliphatic carbocycles. The molecule has 1 aliphatic heterocycles. The highest BCUT2D eigenvalue weighted by Crippen LogP contribution is 2.19. The van der Waals surface area contributed by atoms with E-state index in [0.717, 1.165) is 56.6 Å². The first-order valence-corrected chi connectivity index (χ1v) is 11.0. The lowest BCUT2D eigenvalue weighted by atomic mass is 10.2. The standard InChI is InChI=1S/C20H34N8O/c1-15-24-25-18(26(15)2)13-21-20(23-16-5-3-4-6-16)28-11-9-27(10-12-28)14-19(29)22-17-7-8-17/h16-17H,3-14H2,1-2H3,(H,21,23)(H,22,29). The summed E-state index contributed by atoms with van der Waals surface area (Å²) in [4.78, 5) is 21.6. The van der Waals surface area contributed by atoms with E-state index in [-0.39, 0.29) is 5.91 Å². The van der Waals surface area contributed by atoms with Crippen molar-refractivity contribution >= 4 is 11.9 Å². The van der Waals surface area contributed by atoms with Crippen molar-refractivity contribution in [1.29, 1.82) is 0 Å². The fourth-order valence-corrected chi connectivity index (χ4v) is 4.05. The first kappa shape index (κ1) is 20.1. The molecule has 1 saturated heterocycles. The van der Waals surface area contributed by atoms with E-state index >= 15 is 0 Å². The minimum atomic E-state index is 0.163. The van der Waals surface area contributed by atoms with Gasteiger partial charge in [0.2, 0.25) is 5.91 Å². The van der Waals surface area contributed by atoms with E-state index in [0.29, 0.717) is 25.2 Å². The van der Waals surface area contributed by atoms with Crippen LogP contribution in [0.3, 0.4) is 0 Å². The summed E-state index contributed by atoms with van der Waals surface area (Å²) >= 11 is 0. The van der Waals surface area contributed by atoms with E-state index < -0.39 is 0 Å². The minimum absolute atomic E-state index is 0.163. The Hall–Kier alpha value is -2.16. The van der Waals surface area contributed by atoms with Gasteiger partial charge in [-0.2, -0.15) is 0 Å². The number of nitrogens with one attached hydrogen (secondary N) is 2. The molecule has 0 spiro atoms. The number of piperazine rings is 1. The second-order valence-corrected chi connectivity index (χ2v) is 8.59. The van der Waals surface area contributed by atoms with E-state index in [1.807, 2.05) is 18.5 Å². The van der Waals surface area contributed by atoms with E-state index in [1.54, 1.807) is 0 Å². The van der Waals surface area contributed by atoms with Crippen molar-refractivity contribution in [2.45, 2.75) is 64.1 Å². The van der Waals surface area contributed by atoms with Crippen molar-refractivity contribution < 1.29 is 4.79 Å². The Balaban J connectivity index is 1.34. The molecule has 160 valence electrons. The van der Waals surface area contributed by atoms with Crippen molar-refractivity contribution in [3.8, 4) is 0 Å². The van der Waals surface area contributed by atoms with E-state index in [4.69, 9.17) is 4.99 Å². The predicted molar refractivity (Wildman–Crippen MR) is 111 cm³/mol. The van der Waals surface area contributed by atoms with Crippen molar-refractivity contribution in [2.75, 3.05) is 32.7 Å². The monoisotopic (exact) mass is 402 g/mol. The van der Waals surface area contributed by atoms with Gasteiger partial charge >= 0.3 is 0 Å². The highest BCUT2D eigenvalue weighted by molar-refractivity contribution is 5.81. The Morgan fingerprint density at radius 3 is 2.34 bits per heavy atom. The number of rotatable bonds is 6. The number of aryl methyl sites for hydroxylation is 1. The highest BCUT2D eigenvalue weighted by Gasteiger charge is 2.27. The molecule has 0 bridgehead atoms. The third-order valence-corrected chi connectivity index (χ3v) is 6.22. The van der Waals surface area contributed by atoms with E-state index in [2.05, 4.69) is 30.6 Å². The van der Waals surface area contributed by atoms with Gasteiger partial charge in [0.05, 0.1) is 6.54 Å². The van der Waals surface area contributed by atoms with Gasteiger partial charge in [0.15, 0.2) is 11.8 Å². The third kappa shape index (κ3) is 5.46. The Bertz CT molecular complexity index is 727. The SMILES string of the molecule is Cc1nnc(CN=C(NC2CCCC2)N2CCN(CC(=O)NC3CC3)CC2)n1C. The average Bonchev–Trinajstić information content (AvgIpc) is 3.26.